The van der Waals surface area contributed by atoms with Crippen LogP contribution < -0.4 is 4.74 Å². The molecule has 0 unspecified atom stereocenters. The minimum Gasteiger partial charge on any atom is -0.491 e. The first kappa shape index (κ1) is 23.3. The molecule has 31 heavy (non-hydrogen) atoms. The van der Waals surface area contributed by atoms with Crippen LogP contribution in [0.1, 0.15) is 49.7 Å². The van der Waals surface area contributed by atoms with Gasteiger partial charge in [0.25, 0.3) is 0 Å². The molecule has 1 atom stereocenters. The van der Waals surface area contributed by atoms with Crippen molar-refractivity contribution < 1.29 is 14.3 Å². The van der Waals surface area contributed by atoms with Gasteiger partial charge < -0.3 is 14.5 Å². The molecule has 0 N–H and O–H groups in total. The zero-order chi connectivity index (χ0) is 22.5. The maximum Gasteiger partial charge on any atom is 0.242 e. The molecular weight excluding hydrogens is 408 g/mol. The fraction of sp³-hybridized carbons (Fsp3) is 0.520. The van der Waals surface area contributed by atoms with E-state index in [-0.39, 0.29) is 30.3 Å². The Labute approximate surface area is 190 Å². The zero-order valence-electron chi connectivity index (χ0n) is 19.3. The molecule has 0 fully saturated rings. The third-order valence-corrected chi connectivity index (χ3v) is 6.56. The predicted molar refractivity (Wildman–Crippen MR) is 125 cm³/mol. The Bertz CT molecular complexity index is 888. The number of amides is 2. The summed E-state index contributed by atoms with van der Waals surface area (Å²) in [6.45, 7) is 11.7. The van der Waals surface area contributed by atoms with E-state index in [0.717, 1.165) is 12.2 Å². The van der Waals surface area contributed by atoms with Gasteiger partial charge in [0.1, 0.15) is 12.4 Å². The zero-order valence-corrected chi connectivity index (χ0v) is 20.1. The van der Waals surface area contributed by atoms with Gasteiger partial charge in [0.05, 0.1) is 12.6 Å². The highest BCUT2D eigenvalue weighted by molar-refractivity contribution is 7.10. The first-order valence-corrected chi connectivity index (χ1v) is 12.0. The minimum absolute atomic E-state index is 0.0102. The maximum atomic E-state index is 13.4. The van der Waals surface area contributed by atoms with E-state index < -0.39 is 0 Å². The summed E-state index contributed by atoms with van der Waals surface area (Å²) in [5.41, 5.74) is 2.35. The van der Waals surface area contributed by atoms with Crippen molar-refractivity contribution in [3.8, 4) is 5.75 Å². The van der Waals surface area contributed by atoms with Crippen molar-refractivity contribution >= 4 is 23.2 Å². The van der Waals surface area contributed by atoms with Crippen LogP contribution in [-0.4, -0.2) is 47.9 Å². The molecule has 1 aromatic heterocycles. The number of hydrogen-bond acceptors (Lipinski definition) is 4. The van der Waals surface area contributed by atoms with Crippen LogP contribution in [0.25, 0.3) is 0 Å². The summed E-state index contributed by atoms with van der Waals surface area (Å²) < 4.78 is 6.09. The second-order valence-electron chi connectivity index (χ2n) is 9.04. The Kier molecular flexibility index (Phi) is 7.76. The fourth-order valence-electron chi connectivity index (χ4n) is 3.98. The minimum atomic E-state index is -0.140. The van der Waals surface area contributed by atoms with E-state index in [2.05, 4.69) is 25.3 Å². The van der Waals surface area contributed by atoms with E-state index in [9.17, 15) is 9.59 Å². The molecule has 2 amide bonds. The fourth-order valence-corrected chi connectivity index (χ4v) is 4.90. The first-order chi connectivity index (χ1) is 14.8. The first-order valence-electron chi connectivity index (χ1n) is 11.1. The molecule has 0 saturated heterocycles. The van der Waals surface area contributed by atoms with Crippen molar-refractivity contribution in [2.75, 3.05) is 26.2 Å². The number of aryl methyl sites for hydroxylation is 1. The van der Waals surface area contributed by atoms with Gasteiger partial charge >= 0.3 is 0 Å². The van der Waals surface area contributed by atoms with Gasteiger partial charge in [0.2, 0.25) is 11.8 Å². The smallest absolute Gasteiger partial charge is 0.242 e. The molecule has 0 bridgehead atoms. The quantitative estimate of drug-likeness (QED) is 0.595. The van der Waals surface area contributed by atoms with Crippen LogP contribution in [-0.2, 0) is 16.0 Å². The largest absolute Gasteiger partial charge is 0.491 e. The molecule has 2 heterocycles. The van der Waals surface area contributed by atoms with Crippen LogP contribution in [0.4, 0.5) is 0 Å². The lowest BCUT2D eigenvalue weighted by atomic mass is 10.00. The van der Waals surface area contributed by atoms with Crippen molar-refractivity contribution in [3.63, 3.8) is 0 Å². The maximum absolute atomic E-state index is 13.4. The molecule has 2 aromatic rings. The molecular formula is C25H34N2O3S. The number of carbonyl (C=O) groups is 2. The van der Waals surface area contributed by atoms with E-state index in [1.165, 1.54) is 16.0 Å². The molecule has 5 nitrogen and oxygen atoms in total. The van der Waals surface area contributed by atoms with Gasteiger partial charge in [-0.2, -0.15) is 0 Å². The molecule has 1 aromatic carbocycles. The highest BCUT2D eigenvalue weighted by Crippen LogP contribution is 2.34. The van der Waals surface area contributed by atoms with E-state index in [1.807, 2.05) is 49.9 Å². The number of nitrogens with zero attached hydrogens (tertiary/aromatic N) is 2. The lowest BCUT2D eigenvalue weighted by Crippen LogP contribution is -2.49. The number of carbonyl (C=O) groups excluding carboxylic acids is 2. The number of benzene rings is 1. The topological polar surface area (TPSA) is 49.9 Å². The summed E-state index contributed by atoms with van der Waals surface area (Å²) in [4.78, 5) is 31.0. The van der Waals surface area contributed by atoms with Gasteiger partial charge in [-0.3, -0.25) is 9.59 Å². The molecule has 6 heteroatoms. The van der Waals surface area contributed by atoms with E-state index in [1.54, 1.807) is 16.2 Å². The van der Waals surface area contributed by atoms with Crippen LogP contribution in [0.15, 0.2) is 35.7 Å². The molecule has 3 rings (SSSR count). The van der Waals surface area contributed by atoms with E-state index in [0.29, 0.717) is 25.6 Å². The van der Waals surface area contributed by atoms with E-state index >= 15 is 0 Å². The average Bonchev–Trinajstić information content (AvgIpc) is 3.20. The lowest BCUT2D eigenvalue weighted by molar-refractivity contribution is -0.144. The summed E-state index contributed by atoms with van der Waals surface area (Å²) in [6, 6.07) is 9.94. The van der Waals surface area contributed by atoms with Gasteiger partial charge in [0, 0.05) is 23.9 Å². The third kappa shape index (κ3) is 5.88. The average molecular weight is 443 g/mol. The summed E-state index contributed by atoms with van der Waals surface area (Å²) >= 11 is 1.74. The monoisotopic (exact) mass is 442 g/mol. The molecule has 1 aliphatic heterocycles. The number of rotatable bonds is 8. The summed E-state index contributed by atoms with van der Waals surface area (Å²) in [5.74, 6) is 1.00. The second-order valence-corrected chi connectivity index (χ2v) is 10.0. The number of ether oxygens (including phenoxy) is 1. The normalized spacial score (nSPS) is 15.8. The van der Waals surface area contributed by atoms with Crippen molar-refractivity contribution in [2.45, 2.75) is 47.1 Å². The SMILES string of the molecule is Cc1ccc(OC[C@H]2c3ccsc3CCN2C(=O)CN(CC(C)C)C(=O)C(C)C)cc1. The number of fused-ring (bicyclic) bond motifs is 1. The predicted octanol–water partition coefficient (Wildman–Crippen LogP) is 4.70. The third-order valence-electron chi connectivity index (χ3n) is 5.56. The van der Waals surface area contributed by atoms with Crippen LogP contribution in [0.5, 0.6) is 5.75 Å². The van der Waals surface area contributed by atoms with Gasteiger partial charge in [-0.1, -0.05) is 45.4 Å². The van der Waals surface area contributed by atoms with Crippen LogP contribution in [0, 0.1) is 18.8 Å². The molecule has 1 aliphatic rings. The Morgan fingerprint density at radius 1 is 1.16 bits per heavy atom. The number of thiophene rings is 1. The van der Waals surface area contributed by atoms with Crippen LogP contribution in [0.2, 0.25) is 0 Å². The molecule has 168 valence electrons. The van der Waals surface area contributed by atoms with Gasteiger partial charge in [0.15, 0.2) is 0 Å². The van der Waals surface area contributed by atoms with Crippen molar-refractivity contribution in [2.24, 2.45) is 11.8 Å². The van der Waals surface area contributed by atoms with Crippen molar-refractivity contribution in [1.82, 2.24) is 9.80 Å². The number of hydrogen-bond donors (Lipinski definition) is 0. The Morgan fingerprint density at radius 2 is 1.87 bits per heavy atom. The van der Waals surface area contributed by atoms with Crippen LogP contribution in [0.3, 0.4) is 0 Å². The Morgan fingerprint density at radius 3 is 2.52 bits per heavy atom. The molecule has 0 saturated carbocycles. The van der Waals surface area contributed by atoms with Crippen molar-refractivity contribution in [1.29, 1.82) is 0 Å². The lowest BCUT2D eigenvalue weighted by Gasteiger charge is -2.37. The highest BCUT2D eigenvalue weighted by atomic mass is 32.1. The highest BCUT2D eigenvalue weighted by Gasteiger charge is 2.33. The molecule has 0 spiro atoms. The van der Waals surface area contributed by atoms with E-state index in [4.69, 9.17) is 4.74 Å². The van der Waals surface area contributed by atoms with Gasteiger partial charge in [-0.05, 0) is 48.4 Å². The molecule has 0 aliphatic carbocycles. The summed E-state index contributed by atoms with van der Waals surface area (Å²) in [7, 11) is 0. The van der Waals surface area contributed by atoms with Crippen LogP contribution >= 0.6 is 11.3 Å². The summed E-state index contributed by atoms with van der Waals surface area (Å²) in [6.07, 6.45) is 0.849. The van der Waals surface area contributed by atoms with Crippen molar-refractivity contribution in [3.05, 3.63) is 51.7 Å². The second kappa shape index (κ2) is 10.3. The summed E-state index contributed by atoms with van der Waals surface area (Å²) in [5, 5.41) is 2.09. The Hall–Kier alpha value is -2.34. The van der Waals surface area contributed by atoms with Gasteiger partial charge in [-0.25, -0.2) is 0 Å². The Balaban J connectivity index is 1.77. The molecule has 0 radical (unpaired) electrons. The standard InChI is InChI=1S/C25H34N2O3S/c1-17(2)14-26(25(29)18(3)4)15-24(28)27-12-10-23-21(11-13-31-23)22(27)16-30-20-8-6-19(5)7-9-20/h6-9,11,13,17-18,22H,10,12,14-16H2,1-5H3/t22-/m0/s1. The van der Waals surface area contributed by atoms with Gasteiger partial charge in [-0.15, -0.1) is 11.3 Å².